The number of nitriles is 1. The molecule has 0 atom stereocenters. The van der Waals surface area contributed by atoms with E-state index in [1.54, 1.807) is 0 Å². The van der Waals surface area contributed by atoms with Crippen LogP contribution in [0.4, 0.5) is 17.6 Å². The molecule has 0 radical (unpaired) electrons. The Bertz CT molecular complexity index is 3560. The molecular weight excluding hydrogens is 851 g/mol. The first-order valence-electron chi connectivity index (χ1n) is 22.1. The summed E-state index contributed by atoms with van der Waals surface area (Å²) in [4.78, 5) is 0. The predicted octanol–water partition coefficient (Wildman–Crippen LogP) is 16.6. The lowest BCUT2D eigenvalue weighted by atomic mass is 9.98. The third-order valence-corrected chi connectivity index (χ3v) is 13.0. The third-order valence-electron chi connectivity index (χ3n) is 13.0. The summed E-state index contributed by atoms with van der Waals surface area (Å²) in [6.07, 6.45) is 0. The summed E-state index contributed by atoms with van der Waals surface area (Å²) in [6.45, 7) is 0. The lowest BCUT2D eigenvalue weighted by Gasteiger charge is -2.19. The molecule has 0 aliphatic rings. The van der Waals surface area contributed by atoms with Crippen molar-refractivity contribution in [1.82, 2.24) is 9.13 Å². The van der Waals surface area contributed by atoms with Gasteiger partial charge in [-0.1, -0.05) is 146 Å². The first-order chi connectivity index (χ1) is 33.3. The Morgan fingerprint density at radius 2 is 0.603 bits per heavy atom. The van der Waals surface area contributed by atoms with Crippen LogP contribution < -0.4 is 0 Å². The lowest BCUT2D eigenvalue weighted by Crippen LogP contribution is -2.07. The first kappa shape index (κ1) is 40.5. The Kier molecular flexibility index (Phi) is 9.63. The highest BCUT2D eigenvalue weighted by molar-refractivity contribution is 6.14. The topological polar surface area (TPSA) is 33.6 Å². The smallest absolute Gasteiger partial charge is 0.169 e. The van der Waals surface area contributed by atoms with E-state index in [4.69, 9.17) is 0 Å². The molecule has 0 amide bonds. The van der Waals surface area contributed by atoms with Crippen LogP contribution in [0.2, 0.25) is 0 Å². The molecule has 0 unspecified atom stereocenters. The van der Waals surface area contributed by atoms with Gasteiger partial charge in [0.15, 0.2) is 23.3 Å². The molecule has 0 N–H and O–H groups in total. The molecule has 0 spiro atoms. The summed E-state index contributed by atoms with van der Waals surface area (Å²) < 4.78 is 66.9. The zero-order chi connectivity index (χ0) is 46.0. The van der Waals surface area contributed by atoms with Crippen LogP contribution >= 0.6 is 0 Å². The molecule has 322 valence electrons. The molecule has 7 heteroatoms. The van der Waals surface area contributed by atoms with Crippen LogP contribution in [0.3, 0.4) is 0 Å². The number of halogens is 4. The molecule has 12 aromatic rings. The number of fused-ring (bicyclic) bond motifs is 6. The van der Waals surface area contributed by atoms with Gasteiger partial charge in [0.25, 0.3) is 0 Å². The maximum atomic E-state index is 16.2. The van der Waals surface area contributed by atoms with E-state index in [9.17, 15) is 5.26 Å². The van der Waals surface area contributed by atoms with Gasteiger partial charge in [-0.25, -0.2) is 17.6 Å². The molecule has 0 aliphatic carbocycles. The van der Waals surface area contributed by atoms with Crippen molar-refractivity contribution in [3.63, 3.8) is 0 Å². The van der Waals surface area contributed by atoms with Gasteiger partial charge in [0, 0.05) is 27.6 Å². The van der Waals surface area contributed by atoms with Crippen molar-refractivity contribution in [2.45, 2.75) is 0 Å². The molecule has 10 aromatic carbocycles. The fourth-order valence-electron chi connectivity index (χ4n) is 9.86. The first-order valence-corrected chi connectivity index (χ1v) is 22.1. The lowest BCUT2D eigenvalue weighted by molar-refractivity contribution is 0.458. The molecule has 0 saturated carbocycles. The van der Waals surface area contributed by atoms with Crippen molar-refractivity contribution in [1.29, 1.82) is 5.26 Å². The van der Waals surface area contributed by atoms with Gasteiger partial charge >= 0.3 is 0 Å². The molecule has 0 fully saturated rings. The summed E-state index contributed by atoms with van der Waals surface area (Å²) in [7, 11) is 0. The van der Waals surface area contributed by atoms with Crippen molar-refractivity contribution in [2.24, 2.45) is 0 Å². The van der Waals surface area contributed by atoms with Crippen LogP contribution in [0.15, 0.2) is 212 Å². The van der Waals surface area contributed by atoms with E-state index in [0.29, 0.717) is 22.1 Å². The van der Waals surface area contributed by atoms with Crippen molar-refractivity contribution in [2.75, 3.05) is 0 Å². The average Bonchev–Trinajstić information content (AvgIpc) is 3.90. The summed E-state index contributed by atoms with van der Waals surface area (Å²) in [5.41, 5.74) is 10.4. The molecule has 0 aliphatic heterocycles. The van der Waals surface area contributed by atoms with E-state index < -0.39 is 28.8 Å². The van der Waals surface area contributed by atoms with Gasteiger partial charge in [-0.3, -0.25) is 0 Å². The second-order valence-electron chi connectivity index (χ2n) is 16.9. The summed E-state index contributed by atoms with van der Waals surface area (Å²) >= 11 is 0. The minimum absolute atomic E-state index is 0.156. The average molecular weight is 886 g/mol. The Hall–Kier alpha value is -8.99. The SMILES string of the molecule is N#Cc1c(-n2c3ccc(-c4ccccc4)cc3c3cc(-c4ccccc4)ccc32)cc(-c2c(F)c(F)cc(F)c2F)cc1-n1c2ccc(-c3ccccc3)cc2c2cc(-c3ccccc3)ccc21. The van der Waals surface area contributed by atoms with Crippen molar-refractivity contribution < 1.29 is 17.6 Å². The Morgan fingerprint density at radius 1 is 0.309 bits per heavy atom. The van der Waals surface area contributed by atoms with Crippen molar-refractivity contribution in [3.05, 3.63) is 241 Å². The standard InChI is InChI=1S/C61H35F4N3/c62-51-35-52(63)61(65)59(60(51)64)45-33-57(67-53-25-21-41(37-13-5-1-6-14-37)29-46(53)47-30-42(22-26-54(47)67)38-15-7-2-8-16-38)50(36-66)58(34-45)68-55-27-23-43(39-17-9-3-10-18-39)31-48(55)49-32-44(24-28-56(49)68)40-19-11-4-12-20-40/h1-35H. The van der Waals surface area contributed by atoms with Crippen molar-refractivity contribution >= 4 is 43.6 Å². The molecular formula is C61H35F4N3. The second-order valence-corrected chi connectivity index (χ2v) is 16.9. The predicted molar refractivity (Wildman–Crippen MR) is 267 cm³/mol. The number of hydrogen-bond acceptors (Lipinski definition) is 1. The quantitative estimate of drug-likeness (QED) is 0.116. The fourth-order valence-corrected chi connectivity index (χ4v) is 9.86. The molecule has 2 heterocycles. The minimum atomic E-state index is -1.55. The highest BCUT2D eigenvalue weighted by atomic mass is 19.2. The Morgan fingerprint density at radius 3 is 0.882 bits per heavy atom. The molecule has 68 heavy (non-hydrogen) atoms. The molecule has 12 rings (SSSR count). The normalized spacial score (nSPS) is 11.5. The highest BCUT2D eigenvalue weighted by Crippen LogP contribution is 2.44. The summed E-state index contributed by atoms with van der Waals surface area (Å²) in [6, 6.07) is 70.0. The minimum Gasteiger partial charge on any atom is -0.308 e. The van der Waals surface area contributed by atoms with Crippen LogP contribution in [0.5, 0.6) is 0 Å². The Labute approximate surface area is 388 Å². The van der Waals surface area contributed by atoms with E-state index >= 15 is 17.6 Å². The molecule has 2 aromatic heterocycles. The zero-order valence-electron chi connectivity index (χ0n) is 36.1. The maximum absolute atomic E-state index is 16.2. The van der Waals surface area contributed by atoms with Gasteiger partial charge in [-0.2, -0.15) is 5.26 Å². The van der Waals surface area contributed by atoms with Crippen molar-refractivity contribution in [3.8, 4) is 73.1 Å². The maximum Gasteiger partial charge on any atom is 0.169 e. The number of nitrogens with zero attached hydrogens (tertiary/aromatic N) is 3. The zero-order valence-corrected chi connectivity index (χ0v) is 36.1. The van der Waals surface area contributed by atoms with Gasteiger partial charge < -0.3 is 9.13 Å². The van der Waals surface area contributed by atoms with Gasteiger partial charge in [0.2, 0.25) is 0 Å². The van der Waals surface area contributed by atoms with E-state index in [0.717, 1.165) is 66.1 Å². The number of benzene rings is 10. The molecule has 3 nitrogen and oxygen atoms in total. The number of aromatic nitrogens is 2. The third kappa shape index (κ3) is 6.57. The van der Waals surface area contributed by atoms with Crippen LogP contribution in [0.1, 0.15) is 5.56 Å². The van der Waals surface area contributed by atoms with Crippen LogP contribution in [-0.2, 0) is 0 Å². The summed E-state index contributed by atoms with van der Waals surface area (Å²) in [5.74, 6) is -6.17. The fraction of sp³-hybridized carbons (Fsp3) is 0. The molecule has 0 saturated heterocycles. The Balaban J connectivity index is 1.21. The largest absolute Gasteiger partial charge is 0.308 e. The van der Waals surface area contributed by atoms with Crippen LogP contribution in [-0.4, -0.2) is 9.13 Å². The van der Waals surface area contributed by atoms with Crippen LogP contribution in [0.25, 0.3) is 111 Å². The van der Waals surface area contributed by atoms with Gasteiger partial charge in [0.1, 0.15) is 11.6 Å². The second kappa shape index (κ2) is 16.2. The van der Waals surface area contributed by atoms with E-state index in [2.05, 4.69) is 30.3 Å². The van der Waals surface area contributed by atoms with E-state index in [1.807, 2.05) is 179 Å². The monoisotopic (exact) mass is 885 g/mol. The molecule has 0 bridgehead atoms. The van der Waals surface area contributed by atoms with Gasteiger partial charge in [-0.15, -0.1) is 0 Å². The number of hydrogen-bond donors (Lipinski definition) is 0. The summed E-state index contributed by atoms with van der Waals surface area (Å²) in [5, 5.41) is 15.0. The number of rotatable bonds is 7. The van der Waals surface area contributed by atoms with Gasteiger partial charge in [-0.05, 0) is 111 Å². The van der Waals surface area contributed by atoms with Crippen LogP contribution in [0, 0.1) is 34.6 Å². The van der Waals surface area contributed by atoms with E-state index in [-0.39, 0.29) is 28.6 Å². The highest BCUT2D eigenvalue weighted by Gasteiger charge is 2.27. The van der Waals surface area contributed by atoms with E-state index in [1.165, 1.54) is 12.1 Å². The van der Waals surface area contributed by atoms with Gasteiger partial charge in [0.05, 0.1) is 39.0 Å².